The summed E-state index contributed by atoms with van der Waals surface area (Å²) in [5.41, 5.74) is 1.18. The molecule has 2 heterocycles. The highest BCUT2D eigenvalue weighted by atomic mass is 16.3. The van der Waals surface area contributed by atoms with Crippen molar-refractivity contribution in [3.63, 3.8) is 0 Å². The number of pyridine rings is 1. The lowest BCUT2D eigenvalue weighted by molar-refractivity contribution is 0.103. The maximum atomic E-state index is 12.0. The van der Waals surface area contributed by atoms with E-state index in [4.69, 9.17) is 0 Å². The molecule has 0 aliphatic rings. The largest absolute Gasteiger partial charge is 0.493 e. The van der Waals surface area contributed by atoms with Gasteiger partial charge in [0.2, 0.25) is 11.7 Å². The van der Waals surface area contributed by atoms with E-state index in [9.17, 15) is 9.90 Å². The molecular weight excluding hydrogens is 206 g/mol. The average molecular weight is 217 g/mol. The molecular formula is C11H11N3O2. The summed E-state index contributed by atoms with van der Waals surface area (Å²) in [7, 11) is 1.59. The summed E-state index contributed by atoms with van der Waals surface area (Å²) in [4.78, 5) is 15.9. The Morgan fingerprint density at radius 3 is 2.75 bits per heavy atom. The molecule has 5 nitrogen and oxygen atoms in total. The molecule has 0 atom stereocenters. The van der Waals surface area contributed by atoms with E-state index < -0.39 is 0 Å². The highest BCUT2D eigenvalue weighted by molar-refractivity contribution is 6.10. The zero-order chi connectivity index (χ0) is 11.7. The van der Waals surface area contributed by atoms with Gasteiger partial charge in [-0.15, -0.1) is 0 Å². The number of hydrogen-bond acceptors (Lipinski definition) is 4. The van der Waals surface area contributed by atoms with Crippen molar-refractivity contribution in [2.24, 2.45) is 7.05 Å². The van der Waals surface area contributed by atoms with Gasteiger partial charge in [-0.2, -0.15) is 5.10 Å². The van der Waals surface area contributed by atoms with Crippen LogP contribution in [0.25, 0.3) is 0 Å². The third-order valence-corrected chi connectivity index (χ3v) is 2.34. The standard InChI is InChI=1S/C11H11N3O2/c1-7-9(11(16)14(2)13-7)10(15)8-4-3-5-12-6-8/h3-6,16H,1-2H3. The van der Waals surface area contributed by atoms with Crippen LogP contribution >= 0.6 is 0 Å². The molecule has 2 rings (SSSR count). The minimum absolute atomic E-state index is 0.119. The zero-order valence-corrected chi connectivity index (χ0v) is 9.01. The van der Waals surface area contributed by atoms with E-state index in [0.717, 1.165) is 0 Å². The van der Waals surface area contributed by atoms with Crippen LogP contribution in [-0.2, 0) is 7.05 Å². The monoisotopic (exact) mass is 217 g/mol. The first-order valence-corrected chi connectivity index (χ1v) is 4.78. The molecule has 0 saturated heterocycles. The van der Waals surface area contributed by atoms with Crippen molar-refractivity contribution in [1.29, 1.82) is 0 Å². The molecule has 1 N–H and O–H groups in total. The molecule has 0 aromatic carbocycles. The summed E-state index contributed by atoms with van der Waals surface area (Å²) in [6, 6.07) is 3.33. The second-order valence-electron chi connectivity index (χ2n) is 3.48. The van der Waals surface area contributed by atoms with Crippen molar-refractivity contribution >= 4 is 5.78 Å². The minimum atomic E-state index is -0.267. The summed E-state index contributed by atoms with van der Waals surface area (Å²) >= 11 is 0. The first-order valence-electron chi connectivity index (χ1n) is 4.78. The second-order valence-corrected chi connectivity index (χ2v) is 3.48. The normalized spacial score (nSPS) is 10.4. The molecule has 0 saturated carbocycles. The van der Waals surface area contributed by atoms with E-state index in [1.165, 1.54) is 10.9 Å². The average Bonchev–Trinajstić information content (AvgIpc) is 2.54. The van der Waals surface area contributed by atoms with E-state index in [1.807, 2.05) is 0 Å². The van der Waals surface area contributed by atoms with Gasteiger partial charge in [0.25, 0.3) is 0 Å². The van der Waals surface area contributed by atoms with Crippen molar-refractivity contribution in [2.45, 2.75) is 6.92 Å². The Kier molecular flexibility index (Phi) is 2.44. The quantitative estimate of drug-likeness (QED) is 0.764. The molecule has 2 aromatic heterocycles. The maximum absolute atomic E-state index is 12.0. The van der Waals surface area contributed by atoms with Gasteiger partial charge in [0.05, 0.1) is 5.69 Å². The van der Waals surface area contributed by atoms with Gasteiger partial charge in [0, 0.05) is 25.0 Å². The summed E-state index contributed by atoms with van der Waals surface area (Å²) < 4.78 is 1.28. The van der Waals surface area contributed by atoms with Crippen LogP contribution in [0.3, 0.4) is 0 Å². The number of carbonyl (C=O) groups excluding carboxylic acids is 1. The van der Waals surface area contributed by atoms with Crippen molar-refractivity contribution < 1.29 is 9.90 Å². The van der Waals surface area contributed by atoms with Gasteiger partial charge in [-0.1, -0.05) is 0 Å². The topological polar surface area (TPSA) is 68.0 Å². The summed E-state index contributed by atoms with van der Waals surface area (Å²) in [5.74, 6) is -0.387. The Bertz CT molecular complexity index is 532. The van der Waals surface area contributed by atoms with E-state index in [1.54, 1.807) is 32.3 Å². The molecule has 5 heteroatoms. The Hall–Kier alpha value is -2.17. The van der Waals surface area contributed by atoms with Crippen LogP contribution in [0.1, 0.15) is 21.6 Å². The van der Waals surface area contributed by atoms with Crippen LogP contribution in [0.2, 0.25) is 0 Å². The van der Waals surface area contributed by atoms with E-state index in [-0.39, 0.29) is 17.2 Å². The number of carbonyl (C=O) groups is 1. The molecule has 0 unspecified atom stereocenters. The Labute approximate surface area is 92.4 Å². The zero-order valence-electron chi connectivity index (χ0n) is 9.01. The smallest absolute Gasteiger partial charge is 0.220 e. The van der Waals surface area contributed by atoms with Crippen LogP contribution in [0, 0.1) is 6.92 Å². The van der Waals surface area contributed by atoms with Crippen molar-refractivity contribution in [3.05, 3.63) is 41.3 Å². The number of hydrogen-bond donors (Lipinski definition) is 1. The minimum Gasteiger partial charge on any atom is -0.493 e. The van der Waals surface area contributed by atoms with Gasteiger partial charge < -0.3 is 5.11 Å². The van der Waals surface area contributed by atoms with Crippen LogP contribution in [-0.4, -0.2) is 25.7 Å². The van der Waals surface area contributed by atoms with Gasteiger partial charge in [-0.25, -0.2) is 4.68 Å². The third-order valence-electron chi connectivity index (χ3n) is 2.34. The van der Waals surface area contributed by atoms with Crippen LogP contribution in [0.5, 0.6) is 5.88 Å². The lowest BCUT2D eigenvalue weighted by Gasteiger charge is -1.99. The molecule has 0 aliphatic heterocycles. The Balaban J connectivity index is 2.50. The highest BCUT2D eigenvalue weighted by Gasteiger charge is 2.20. The fourth-order valence-electron chi connectivity index (χ4n) is 1.55. The predicted octanol–water partition coefficient (Wildman–Crippen LogP) is 1.06. The van der Waals surface area contributed by atoms with E-state index >= 15 is 0 Å². The molecule has 82 valence electrons. The summed E-state index contributed by atoms with van der Waals surface area (Å²) in [6.07, 6.45) is 3.06. The fraction of sp³-hybridized carbons (Fsp3) is 0.182. The Morgan fingerprint density at radius 1 is 1.50 bits per heavy atom. The number of nitrogens with zero attached hydrogens (tertiary/aromatic N) is 3. The maximum Gasteiger partial charge on any atom is 0.220 e. The van der Waals surface area contributed by atoms with Crippen molar-refractivity contribution in [2.75, 3.05) is 0 Å². The molecule has 0 radical (unpaired) electrons. The number of aromatic nitrogens is 3. The molecule has 0 fully saturated rings. The van der Waals surface area contributed by atoms with Gasteiger partial charge in [-0.3, -0.25) is 9.78 Å². The lowest BCUT2D eigenvalue weighted by Crippen LogP contribution is -2.02. The van der Waals surface area contributed by atoms with E-state index in [2.05, 4.69) is 10.1 Å². The second kappa shape index (κ2) is 3.77. The first-order chi connectivity index (χ1) is 7.61. The molecule has 16 heavy (non-hydrogen) atoms. The van der Waals surface area contributed by atoms with Crippen molar-refractivity contribution in [1.82, 2.24) is 14.8 Å². The molecule has 0 spiro atoms. The number of aryl methyl sites for hydroxylation is 2. The summed E-state index contributed by atoms with van der Waals surface area (Å²) in [6.45, 7) is 1.68. The molecule has 2 aromatic rings. The van der Waals surface area contributed by atoms with Gasteiger partial charge in [-0.05, 0) is 19.1 Å². The van der Waals surface area contributed by atoms with Crippen molar-refractivity contribution in [3.8, 4) is 5.88 Å². The van der Waals surface area contributed by atoms with Crippen LogP contribution < -0.4 is 0 Å². The van der Waals surface area contributed by atoms with E-state index in [0.29, 0.717) is 11.3 Å². The predicted molar refractivity (Wildman–Crippen MR) is 57.3 cm³/mol. The van der Waals surface area contributed by atoms with Crippen LogP contribution in [0.15, 0.2) is 24.5 Å². The molecule has 0 aliphatic carbocycles. The SMILES string of the molecule is Cc1nn(C)c(O)c1C(=O)c1cccnc1. The molecule has 0 amide bonds. The number of ketones is 1. The Morgan fingerprint density at radius 2 is 2.25 bits per heavy atom. The fourth-order valence-corrected chi connectivity index (χ4v) is 1.55. The third kappa shape index (κ3) is 1.56. The van der Waals surface area contributed by atoms with Gasteiger partial charge in [0.15, 0.2) is 0 Å². The highest BCUT2D eigenvalue weighted by Crippen LogP contribution is 2.22. The molecule has 0 bridgehead atoms. The van der Waals surface area contributed by atoms with Gasteiger partial charge in [0.1, 0.15) is 5.56 Å². The lowest BCUT2D eigenvalue weighted by atomic mass is 10.1. The van der Waals surface area contributed by atoms with Crippen LogP contribution in [0.4, 0.5) is 0 Å². The number of aromatic hydroxyl groups is 1. The van der Waals surface area contributed by atoms with Gasteiger partial charge >= 0.3 is 0 Å². The number of rotatable bonds is 2. The first kappa shape index (κ1) is 10.4. The summed E-state index contributed by atoms with van der Waals surface area (Å²) in [5, 5.41) is 13.7.